The van der Waals surface area contributed by atoms with Gasteiger partial charge in [0.05, 0.1) is 0 Å². The number of oxazole rings is 1. The van der Waals surface area contributed by atoms with Gasteiger partial charge in [-0.15, -0.1) is 0 Å². The Morgan fingerprint density at radius 3 is 2.57 bits per heavy atom. The number of hydrogen-bond donors (Lipinski definition) is 1. The summed E-state index contributed by atoms with van der Waals surface area (Å²) in [5.74, 6) is 0.238. The average Bonchev–Trinajstić information content (AvgIpc) is 2.77. The predicted molar refractivity (Wildman–Crippen MR) is 81.0 cm³/mol. The lowest BCUT2D eigenvalue weighted by Crippen LogP contribution is -2.12. The topological polar surface area (TPSA) is 68.0 Å². The maximum Gasteiger partial charge on any atom is 0.255 e. The van der Waals surface area contributed by atoms with E-state index in [-0.39, 0.29) is 16.2 Å². The lowest BCUT2D eigenvalue weighted by atomic mass is 10.2. The average molecular weight is 322 g/mol. The summed E-state index contributed by atoms with van der Waals surface area (Å²) in [6.45, 7) is 1.76. The Hall–Kier alpha value is -2.11. The summed E-state index contributed by atoms with van der Waals surface area (Å²) in [5.41, 5.74) is 2.28. The van der Waals surface area contributed by atoms with Crippen LogP contribution in [0.15, 0.2) is 34.7 Å². The molecule has 0 bridgehead atoms. The first-order valence-corrected chi connectivity index (χ1v) is 6.78. The van der Waals surface area contributed by atoms with Crippen LogP contribution < -0.4 is 5.32 Å². The Balaban J connectivity index is 1.88. The molecule has 5 nitrogen and oxygen atoms in total. The van der Waals surface area contributed by atoms with Crippen molar-refractivity contribution in [1.29, 1.82) is 0 Å². The van der Waals surface area contributed by atoms with E-state index in [4.69, 9.17) is 27.6 Å². The molecule has 0 aliphatic rings. The first kappa shape index (κ1) is 13.9. The minimum Gasteiger partial charge on any atom is -0.441 e. The van der Waals surface area contributed by atoms with E-state index < -0.39 is 0 Å². The number of amides is 1. The van der Waals surface area contributed by atoms with Gasteiger partial charge in [-0.05, 0) is 30.3 Å². The highest BCUT2D eigenvalue weighted by molar-refractivity contribution is 6.33. The minimum atomic E-state index is -0.333. The number of nitrogens with zero attached hydrogens (tertiary/aromatic N) is 2. The van der Waals surface area contributed by atoms with Crippen molar-refractivity contribution in [2.75, 3.05) is 5.32 Å². The standard InChI is InChI=1S/C14H9Cl2N3O2/c1-7-17-10-6-9(2-3-11(10)21-7)18-14(20)8-4-12(15)19-13(16)5-8/h2-6H,1H3,(H,18,20). The van der Waals surface area contributed by atoms with Crippen LogP contribution in [0.3, 0.4) is 0 Å². The molecule has 106 valence electrons. The van der Waals surface area contributed by atoms with E-state index in [9.17, 15) is 4.79 Å². The number of fused-ring (bicyclic) bond motifs is 1. The van der Waals surface area contributed by atoms with E-state index in [1.165, 1.54) is 12.1 Å². The maximum atomic E-state index is 12.2. The van der Waals surface area contributed by atoms with Gasteiger partial charge in [-0.2, -0.15) is 0 Å². The van der Waals surface area contributed by atoms with Gasteiger partial charge in [0.25, 0.3) is 5.91 Å². The monoisotopic (exact) mass is 321 g/mol. The van der Waals surface area contributed by atoms with Crippen molar-refractivity contribution >= 4 is 45.9 Å². The van der Waals surface area contributed by atoms with Crippen LogP contribution in [-0.4, -0.2) is 15.9 Å². The van der Waals surface area contributed by atoms with Gasteiger partial charge in [0.1, 0.15) is 15.8 Å². The second-order valence-corrected chi connectivity index (χ2v) is 5.15. The molecule has 1 N–H and O–H groups in total. The van der Waals surface area contributed by atoms with E-state index in [0.29, 0.717) is 28.2 Å². The molecule has 7 heteroatoms. The third-order valence-corrected chi connectivity index (χ3v) is 3.16. The number of carbonyl (C=O) groups is 1. The van der Waals surface area contributed by atoms with Crippen molar-refractivity contribution in [3.05, 3.63) is 52.1 Å². The van der Waals surface area contributed by atoms with Crippen LogP contribution in [0, 0.1) is 6.92 Å². The second-order valence-electron chi connectivity index (χ2n) is 4.37. The van der Waals surface area contributed by atoms with E-state index in [1.807, 2.05) is 0 Å². The number of nitrogens with one attached hydrogen (secondary N) is 1. The third kappa shape index (κ3) is 2.99. The van der Waals surface area contributed by atoms with Gasteiger partial charge in [-0.3, -0.25) is 4.79 Å². The first-order chi connectivity index (χ1) is 10.0. The van der Waals surface area contributed by atoms with Crippen molar-refractivity contribution < 1.29 is 9.21 Å². The van der Waals surface area contributed by atoms with Crippen LogP contribution in [0.25, 0.3) is 11.1 Å². The number of rotatable bonds is 2. The second kappa shape index (κ2) is 5.35. The molecule has 3 aromatic rings. The quantitative estimate of drug-likeness (QED) is 0.722. The molecular formula is C14H9Cl2N3O2. The molecule has 1 amide bonds. The number of hydrogen-bond acceptors (Lipinski definition) is 4. The number of anilines is 1. The lowest BCUT2D eigenvalue weighted by molar-refractivity contribution is 0.102. The summed E-state index contributed by atoms with van der Waals surface area (Å²) in [6, 6.07) is 8.10. The number of halogens is 2. The van der Waals surface area contributed by atoms with Gasteiger partial charge >= 0.3 is 0 Å². The molecule has 0 fully saturated rings. The lowest BCUT2D eigenvalue weighted by Gasteiger charge is -2.05. The zero-order chi connectivity index (χ0) is 15.0. The minimum absolute atomic E-state index is 0.162. The van der Waals surface area contributed by atoms with Crippen LogP contribution >= 0.6 is 23.2 Å². The van der Waals surface area contributed by atoms with E-state index in [1.54, 1.807) is 25.1 Å². The van der Waals surface area contributed by atoms with Crippen molar-refractivity contribution in [2.45, 2.75) is 6.92 Å². The van der Waals surface area contributed by atoms with Gasteiger partial charge in [0.15, 0.2) is 11.5 Å². The molecule has 0 atom stereocenters. The summed E-state index contributed by atoms with van der Waals surface area (Å²) in [7, 11) is 0. The number of pyridine rings is 1. The molecule has 0 aliphatic heterocycles. The van der Waals surface area contributed by atoms with Crippen molar-refractivity contribution in [1.82, 2.24) is 9.97 Å². The molecule has 2 aromatic heterocycles. The van der Waals surface area contributed by atoms with Crippen LogP contribution in [0.1, 0.15) is 16.2 Å². The fraction of sp³-hybridized carbons (Fsp3) is 0.0714. The highest BCUT2D eigenvalue weighted by Crippen LogP contribution is 2.21. The Bertz CT molecular complexity index is 825. The van der Waals surface area contributed by atoms with Gasteiger partial charge in [-0.1, -0.05) is 23.2 Å². The van der Waals surface area contributed by atoms with Crippen LogP contribution in [0.4, 0.5) is 5.69 Å². The SMILES string of the molecule is Cc1nc2cc(NC(=O)c3cc(Cl)nc(Cl)c3)ccc2o1. The zero-order valence-electron chi connectivity index (χ0n) is 10.9. The molecule has 21 heavy (non-hydrogen) atoms. The molecule has 0 spiro atoms. The molecule has 0 unspecified atom stereocenters. The van der Waals surface area contributed by atoms with Gasteiger partial charge in [0.2, 0.25) is 0 Å². The molecule has 0 saturated carbocycles. The normalized spacial score (nSPS) is 10.8. The number of benzene rings is 1. The largest absolute Gasteiger partial charge is 0.441 e. The van der Waals surface area contributed by atoms with Crippen LogP contribution in [-0.2, 0) is 0 Å². The highest BCUT2D eigenvalue weighted by Gasteiger charge is 2.10. The predicted octanol–water partition coefficient (Wildman–Crippen LogP) is 4.09. The van der Waals surface area contributed by atoms with E-state index in [0.717, 1.165) is 0 Å². The van der Waals surface area contributed by atoms with E-state index >= 15 is 0 Å². The van der Waals surface area contributed by atoms with Crippen molar-refractivity contribution in [2.24, 2.45) is 0 Å². The van der Waals surface area contributed by atoms with Gasteiger partial charge < -0.3 is 9.73 Å². The number of carbonyl (C=O) groups excluding carboxylic acids is 1. The van der Waals surface area contributed by atoms with Crippen molar-refractivity contribution in [3.63, 3.8) is 0 Å². The zero-order valence-corrected chi connectivity index (χ0v) is 12.4. The Morgan fingerprint density at radius 2 is 1.86 bits per heavy atom. The van der Waals surface area contributed by atoms with Crippen molar-refractivity contribution in [3.8, 4) is 0 Å². The summed E-state index contributed by atoms with van der Waals surface area (Å²) in [4.78, 5) is 20.2. The fourth-order valence-corrected chi connectivity index (χ4v) is 2.38. The molecule has 1 aromatic carbocycles. The summed E-state index contributed by atoms with van der Waals surface area (Å²) in [5, 5.41) is 3.07. The van der Waals surface area contributed by atoms with Crippen LogP contribution in [0.2, 0.25) is 10.3 Å². The summed E-state index contributed by atoms with van der Waals surface area (Å²) < 4.78 is 5.38. The molecule has 0 radical (unpaired) electrons. The number of aromatic nitrogens is 2. The smallest absolute Gasteiger partial charge is 0.255 e. The molecule has 3 rings (SSSR count). The Morgan fingerprint density at radius 1 is 1.14 bits per heavy atom. The Kier molecular flexibility index (Phi) is 3.53. The molecular weight excluding hydrogens is 313 g/mol. The highest BCUT2D eigenvalue weighted by atomic mass is 35.5. The first-order valence-electron chi connectivity index (χ1n) is 6.03. The summed E-state index contributed by atoms with van der Waals surface area (Å²) >= 11 is 11.6. The van der Waals surface area contributed by atoms with Gasteiger partial charge in [0, 0.05) is 18.2 Å². The molecule has 0 saturated heterocycles. The summed E-state index contributed by atoms with van der Waals surface area (Å²) in [6.07, 6.45) is 0. The maximum absolute atomic E-state index is 12.2. The Labute approximate surface area is 129 Å². The molecule has 0 aliphatic carbocycles. The van der Waals surface area contributed by atoms with E-state index in [2.05, 4.69) is 15.3 Å². The third-order valence-electron chi connectivity index (χ3n) is 2.78. The fourth-order valence-electron chi connectivity index (χ4n) is 1.92. The molecule has 2 heterocycles. The van der Waals surface area contributed by atoms with Crippen LogP contribution in [0.5, 0.6) is 0 Å². The number of aryl methyl sites for hydroxylation is 1. The van der Waals surface area contributed by atoms with Gasteiger partial charge in [-0.25, -0.2) is 9.97 Å².